The van der Waals surface area contributed by atoms with Crippen LogP contribution in [0.1, 0.15) is 70.1 Å². The Hall–Kier alpha value is -1.59. The van der Waals surface area contributed by atoms with Gasteiger partial charge in [0.1, 0.15) is 0 Å². The Labute approximate surface area is 202 Å². The highest BCUT2D eigenvalue weighted by atomic mass is 35.5. The van der Waals surface area contributed by atoms with Crippen molar-refractivity contribution in [3.63, 3.8) is 0 Å². The Morgan fingerprint density at radius 1 is 1.09 bits per heavy atom. The highest BCUT2D eigenvalue weighted by Crippen LogP contribution is 2.57. The van der Waals surface area contributed by atoms with Crippen molar-refractivity contribution >= 4 is 35.3 Å². The van der Waals surface area contributed by atoms with E-state index in [4.69, 9.17) is 4.99 Å². The van der Waals surface area contributed by atoms with E-state index < -0.39 is 0 Å². The van der Waals surface area contributed by atoms with Crippen LogP contribution in [0.4, 0.5) is 5.69 Å². The minimum Gasteiger partial charge on any atom is -0.326 e. The quantitative estimate of drug-likeness (QED) is 0.527. The van der Waals surface area contributed by atoms with Crippen LogP contribution in [0.5, 0.6) is 0 Å². The Morgan fingerprint density at radius 2 is 1.72 bits per heavy atom. The van der Waals surface area contributed by atoms with Gasteiger partial charge in [-0.2, -0.15) is 0 Å². The number of aryl methyl sites for hydroxylation is 1. The van der Waals surface area contributed by atoms with Gasteiger partial charge >= 0.3 is 0 Å². The van der Waals surface area contributed by atoms with Gasteiger partial charge in [0.2, 0.25) is 5.91 Å². The van der Waals surface area contributed by atoms with Crippen LogP contribution < -0.4 is 10.1 Å². The molecule has 6 rings (SSSR count). The number of hydrogen-bond acceptors (Lipinski definition) is 3. The molecule has 32 heavy (non-hydrogen) atoms. The molecule has 0 unspecified atom stereocenters. The van der Waals surface area contributed by atoms with Crippen LogP contribution in [0.25, 0.3) is 0 Å². The Bertz CT molecular complexity index is 972. The first kappa shape index (κ1) is 23.6. The maximum absolute atomic E-state index is 12.8. The molecule has 4 bridgehead atoms. The average molecular weight is 474 g/mol. The monoisotopic (exact) mass is 473 g/mol. The van der Waals surface area contributed by atoms with Crippen LogP contribution in [0.2, 0.25) is 0 Å². The van der Waals surface area contributed by atoms with E-state index in [1.165, 1.54) is 44.1 Å². The maximum atomic E-state index is 12.8. The molecular weight excluding hydrogens is 438 g/mol. The minimum atomic E-state index is 0. The maximum Gasteiger partial charge on any atom is 0.230 e. The molecule has 1 N–H and O–H groups in total. The summed E-state index contributed by atoms with van der Waals surface area (Å²) in [6.45, 7) is 5.28. The SMILES string of the molecule is CCCn1c(CC(=O)Nc2ccc(CC)cc2)csc1=NC12CC3CC(CC(C3)C1)C2.Cl. The Kier molecular flexibility index (Phi) is 7.16. The molecule has 4 nitrogen and oxygen atoms in total. The van der Waals surface area contributed by atoms with Gasteiger partial charge in [-0.3, -0.25) is 9.79 Å². The van der Waals surface area contributed by atoms with E-state index in [-0.39, 0.29) is 23.9 Å². The molecule has 1 aromatic heterocycles. The lowest BCUT2D eigenvalue weighted by atomic mass is 9.53. The molecule has 4 saturated carbocycles. The van der Waals surface area contributed by atoms with Gasteiger partial charge in [0.05, 0.1) is 12.0 Å². The fraction of sp³-hybridized carbons (Fsp3) is 0.615. The molecular formula is C26H36ClN3OS. The lowest BCUT2D eigenvalue weighted by molar-refractivity contribution is -0.115. The highest BCUT2D eigenvalue weighted by Gasteiger charge is 2.51. The van der Waals surface area contributed by atoms with E-state index in [0.717, 1.165) is 53.3 Å². The molecule has 0 saturated heterocycles. The first-order chi connectivity index (χ1) is 15.1. The van der Waals surface area contributed by atoms with E-state index >= 15 is 0 Å². The van der Waals surface area contributed by atoms with Crippen molar-refractivity contribution in [2.45, 2.75) is 83.7 Å². The number of benzene rings is 1. The second-order valence-electron chi connectivity index (χ2n) is 10.2. The molecule has 6 heteroatoms. The number of halogens is 1. The summed E-state index contributed by atoms with van der Waals surface area (Å²) in [5.74, 6) is 2.75. The van der Waals surface area contributed by atoms with Crippen molar-refractivity contribution in [2.75, 3.05) is 5.32 Å². The van der Waals surface area contributed by atoms with Crippen LogP contribution in [-0.2, 0) is 24.2 Å². The zero-order valence-electron chi connectivity index (χ0n) is 19.3. The number of nitrogens with zero attached hydrogens (tertiary/aromatic N) is 2. The molecule has 0 spiro atoms. The van der Waals surface area contributed by atoms with Gasteiger partial charge in [0, 0.05) is 23.3 Å². The highest BCUT2D eigenvalue weighted by molar-refractivity contribution is 7.07. The number of amides is 1. The van der Waals surface area contributed by atoms with Crippen LogP contribution in [0.15, 0.2) is 34.6 Å². The molecule has 4 fully saturated rings. The van der Waals surface area contributed by atoms with E-state index in [0.29, 0.717) is 6.42 Å². The lowest BCUT2D eigenvalue weighted by Gasteiger charge is -2.54. The van der Waals surface area contributed by atoms with Crippen molar-refractivity contribution in [1.29, 1.82) is 0 Å². The number of anilines is 1. The summed E-state index contributed by atoms with van der Waals surface area (Å²) < 4.78 is 2.32. The summed E-state index contributed by atoms with van der Waals surface area (Å²) in [5.41, 5.74) is 3.43. The van der Waals surface area contributed by atoms with Crippen LogP contribution in [-0.4, -0.2) is 16.0 Å². The molecule has 2 aromatic rings. The van der Waals surface area contributed by atoms with Gasteiger partial charge in [-0.15, -0.1) is 23.7 Å². The fourth-order valence-corrected chi connectivity index (χ4v) is 7.69. The van der Waals surface area contributed by atoms with Crippen molar-refractivity contribution < 1.29 is 4.79 Å². The van der Waals surface area contributed by atoms with E-state index in [2.05, 4.69) is 41.2 Å². The molecule has 1 amide bonds. The zero-order valence-corrected chi connectivity index (χ0v) is 20.9. The molecule has 4 aliphatic carbocycles. The first-order valence-electron chi connectivity index (χ1n) is 12.2. The van der Waals surface area contributed by atoms with E-state index in [9.17, 15) is 4.79 Å². The number of nitrogens with one attached hydrogen (secondary N) is 1. The van der Waals surface area contributed by atoms with Crippen molar-refractivity contribution in [1.82, 2.24) is 4.57 Å². The predicted molar refractivity (Wildman–Crippen MR) is 134 cm³/mol. The second kappa shape index (κ2) is 9.72. The average Bonchev–Trinajstić information content (AvgIpc) is 3.08. The third-order valence-electron chi connectivity index (χ3n) is 7.65. The Balaban J connectivity index is 0.00000245. The fourth-order valence-electron chi connectivity index (χ4n) is 6.66. The molecule has 4 aliphatic rings. The zero-order chi connectivity index (χ0) is 21.4. The second-order valence-corrected chi connectivity index (χ2v) is 11.0. The summed E-state index contributed by atoms with van der Waals surface area (Å²) in [4.78, 5) is 19.3. The number of rotatable bonds is 7. The standard InChI is InChI=1S/C26H35N3OS.ClH/c1-3-9-29-23(13-24(30)27-22-7-5-18(4-2)6-8-22)17-31-25(29)28-26-14-19-10-20(15-26)12-21(11-19)16-26;/h5-8,17,19-21H,3-4,9-16H2,1-2H3,(H,27,30);1H. The first-order valence-corrected chi connectivity index (χ1v) is 13.1. The Morgan fingerprint density at radius 3 is 2.28 bits per heavy atom. The summed E-state index contributed by atoms with van der Waals surface area (Å²) in [5, 5.41) is 5.23. The summed E-state index contributed by atoms with van der Waals surface area (Å²) in [6.07, 6.45) is 10.7. The normalized spacial score (nSPS) is 28.6. The van der Waals surface area contributed by atoms with Crippen molar-refractivity contribution in [2.24, 2.45) is 22.7 Å². The summed E-state index contributed by atoms with van der Waals surface area (Å²) in [7, 11) is 0. The van der Waals surface area contributed by atoms with Crippen LogP contribution in [0.3, 0.4) is 0 Å². The van der Waals surface area contributed by atoms with Crippen molar-refractivity contribution in [3.05, 3.63) is 45.7 Å². The predicted octanol–water partition coefficient (Wildman–Crippen LogP) is 5.99. The summed E-state index contributed by atoms with van der Waals surface area (Å²) in [6, 6.07) is 8.16. The summed E-state index contributed by atoms with van der Waals surface area (Å²) >= 11 is 1.73. The lowest BCUT2D eigenvalue weighted by Crippen LogP contribution is -2.50. The van der Waals surface area contributed by atoms with Gasteiger partial charge in [0.25, 0.3) is 0 Å². The minimum absolute atomic E-state index is 0. The number of carbonyl (C=O) groups is 1. The van der Waals surface area contributed by atoms with E-state index in [1.807, 2.05) is 12.1 Å². The largest absolute Gasteiger partial charge is 0.326 e. The van der Waals surface area contributed by atoms with Gasteiger partial charge in [-0.25, -0.2) is 0 Å². The topological polar surface area (TPSA) is 46.4 Å². The molecule has 1 aromatic carbocycles. The number of hydrogen-bond donors (Lipinski definition) is 1. The molecule has 174 valence electrons. The number of thiazole rings is 1. The van der Waals surface area contributed by atoms with Gasteiger partial charge in [-0.05, 0) is 86.8 Å². The number of aromatic nitrogens is 1. The third kappa shape index (κ3) is 4.84. The molecule has 0 atom stereocenters. The van der Waals surface area contributed by atoms with Crippen LogP contribution >= 0.6 is 23.7 Å². The van der Waals surface area contributed by atoms with Crippen molar-refractivity contribution in [3.8, 4) is 0 Å². The molecule has 0 radical (unpaired) electrons. The smallest absolute Gasteiger partial charge is 0.230 e. The third-order valence-corrected chi connectivity index (χ3v) is 8.56. The molecule has 1 heterocycles. The van der Waals surface area contributed by atoms with Gasteiger partial charge in [0.15, 0.2) is 4.80 Å². The van der Waals surface area contributed by atoms with Gasteiger partial charge in [-0.1, -0.05) is 26.0 Å². The van der Waals surface area contributed by atoms with Gasteiger partial charge < -0.3 is 9.88 Å². The number of carbonyl (C=O) groups excluding carboxylic acids is 1. The van der Waals surface area contributed by atoms with Crippen LogP contribution in [0, 0.1) is 17.8 Å². The molecule has 0 aliphatic heterocycles. The van der Waals surface area contributed by atoms with E-state index in [1.54, 1.807) is 11.3 Å².